The molecule has 0 unspecified atom stereocenters. The van der Waals surface area contributed by atoms with E-state index in [1.54, 1.807) is 12.1 Å². The highest BCUT2D eigenvalue weighted by molar-refractivity contribution is 5.93. The zero-order valence-corrected chi connectivity index (χ0v) is 18.0. The fourth-order valence-electron chi connectivity index (χ4n) is 7.74. The molecule has 5 rings (SSSR count). The van der Waals surface area contributed by atoms with Crippen molar-refractivity contribution in [1.82, 2.24) is 0 Å². The van der Waals surface area contributed by atoms with Crippen molar-refractivity contribution >= 4 is 17.6 Å². The molecular weight excluding hydrogens is 381 g/mol. The number of carbonyl (C=O) groups is 2. The summed E-state index contributed by atoms with van der Waals surface area (Å²) in [4.78, 5) is 25.0. The Kier molecular flexibility index (Phi) is 4.71. The molecule has 1 N–H and O–H groups in total. The van der Waals surface area contributed by atoms with Crippen LogP contribution in [0.4, 0.5) is 10.1 Å². The summed E-state index contributed by atoms with van der Waals surface area (Å²) in [6, 6.07) is 6.03. The van der Waals surface area contributed by atoms with E-state index in [0.29, 0.717) is 29.9 Å². The summed E-state index contributed by atoms with van der Waals surface area (Å²) < 4.78 is 19.0. The van der Waals surface area contributed by atoms with Gasteiger partial charge in [-0.25, -0.2) is 4.39 Å². The smallest absolute Gasteiger partial charge is 0.306 e. The van der Waals surface area contributed by atoms with Gasteiger partial charge in [-0.15, -0.1) is 0 Å². The van der Waals surface area contributed by atoms with Gasteiger partial charge < -0.3 is 10.1 Å². The van der Waals surface area contributed by atoms with Crippen molar-refractivity contribution in [2.45, 2.75) is 71.3 Å². The van der Waals surface area contributed by atoms with Crippen LogP contribution in [0, 0.1) is 40.3 Å². The Morgan fingerprint density at radius 3 is 2.50 bits per heavy atom. The largest absolute Gasteiger partial charge is 0.462 e. The van der Waals surface area contributed by atoms with E-state index in [-0.39, 0.29) is 40.5 Å². The molecule has 0 spiro atoms. The summed E-state index contributed by atoms with van der Waals surface area (Å²) in [5.41, 5.74) is 0.770. The predicted molar refractivity (Wildman–Crippen MR) is 112 cm³/mol. The maximum atomic E-state index is 13.2. The molecule has 4 aliphatic rings. The van der Waals surface area contributed by atoms with Crippen LogP contribution in [0.1, 0.15) is 65.2 Å². The van der Waals surface area contributed by atoms with Crippen LogP contribution in [-0.2, 0) is 14.3 Å². The molecule has 3 aliphatic carbocycles. The van der Waals surface area contributed by atoms with Gasteiger partial charge in [-0.3, -0.25) is 9.59 Å². The van der Waals surface area contributed by atoms with Gasteiger partial charge in [-0.2, -0.15) is 0 Å². The number of amides is 1. The highest BCUT2D eigenvalue weighted by Crippen LogP contribution is 2.66. The van der Waals surface area contributed by atoms with Gasteiger partial charge in [0.15, 0.2) is 0 Å². The van der Waals surface area contributed by atoms with Gasteiger partial charge in [-0.05, 0) is 92.4 Å². The van der Waals surface area contributed by atoms with Gasteiger partial charge in [0, 0.05) is 23.4 Å². The lowest BCUT2D eigenvalue weighted by Gasteiger charge is -2.59. The third kappa shape index (κ3) is 2.99. The van der Waals surface area contributed by atoms with Crippen LogP contribution in [0.5, 0.6) is 0 Å². The summed E-state index contributed by atoms with van der Waals surface area (Å²) in [5.74, 6) is 1.51. The lowest BCUT2D eigenvalue weighted by atomic mass is 9.47. The van der Waals surface area contributed by atoms with Crippen molar-refractivity contribution in [2.75, 3.05) is 5.32 Å². The van der Waals surface area contributed by atoms with Crippen molar-refractivity contribution in [3.05, 3.63) is 30.1 Å². The van der Waals surface area contributed by atoms with E-state index in [1.165, 1.54) is 12.1 Å². The molecule has 1 saturated heterocycles. The Morgan fingerprint density at radius 1 is 1.00 bits per heavy atom. The molecule has 4 nitrogen and oxygen atoms in total. The van der Waals surface area contributed by atoms with E-state index in [4.69, 9.17) is 4.74 Å². The first-order valence-electron chi connectivity index (χ1n) is 11.6. The van der Waals surface area contributed by atoms with E-state index in [9.17, 15) is 14.0 Å². The lowest BCUT2D eigenvalue weighted by Crippen LogP contribution is -2.56. The Labute approximate surface area is 177 Å². The number of hydrogen-bond acceptors (Lipinski definition) is 3. The average molecular weight is 414 g/mol. The SMILES string of the molecule is C[C@]12CCC(=O)O[C@@H]1CC[C@@H]1[C@@H]2CC[C@]2(C)[C@@H](C(=O)Nc3ccc(F)cc3)CC[C@@H]12. The van der Waals surface area contributed by atoms with Crippen LogP contribution in [0.3, 0.4) is 0 Å². The maximum absolute atomic E-state index is 13.2. The van der Waals surface area contributed by atoms with E-state index in [2.05, 4.69) is 19.2 Å². The number of rotatable bonds is 2. The van der Waals surface area contributed by atoms with E-state index in [0.717, 1.165) is 44.9 Å². The number of esters is 1. The number of fused-ring (bicyclic) bond motifs is 5. The van der Waals surface area contributed by atoms with Crippen LogP contribution in [0.2, 0.25) is 0 Å². The molecule has 0 radical (unpaired) electrons. The molecule has 1 amide bonds. The number of benzene rings is 1. The standard InChI is InChI=1S/C25H32FNO3/c1-24-13-11-19-17(7-10-21-25(19,2)14-12-22(28)30-21)18(24)8-9-20(24)23(29)27-16-5-3-15(26)4-6-16/h3-6,17-21H,7-14H2,1-2H3,(H,27,29)/t17-,18-,19-,20+,21+,24-,25+/m0/s1. The molecule has 3 saturated carbocycles. The van der Waals surface area contributed by atoms with Crippen molar-refractivity contribution in [3.63, 3.8) is 0 Å². The molecule has 0 bridgehead atoms. The second-order valence-corrected chi connectivity index (χ2v) is 10.6. The first kappa shape index (κ1) is 20.0. The van der Waals surface area contributed by atoms with Gasteiger partial charge in [0.25, 0.3) is 0 Å². The van der Waals surface area contributed by atoms with Crippen LogP contribution < -0.4 is 5.32 Å². The second-order valence-electron chi connectivity index (χ2n) is 10.6. The highest BCUT2D eigenvalue weighted by atomic mass is 19.1. The first-order chi connectivity index (χ1) is 14.3. The van der Waals surface area contributed by atoms with Crippen LogP contribution >= 0.6 is 0 Å². The molecular formula is C25H32FNO3. The average Bonchev–Trinajstić information content (AvgIpc) is 3.07. The summed E-state index contributed by atoms with van der Waals surface area (Å²) in [7, 11) is 0. The maximum Gasteiger partial charge on any atom is 0.306 e. The Hall–Kier alpha value is -1.91. The molecule has 7 atom stereocenters. The third-order valence-electron chi connectivity index (χ3n) is 9.35. The number of nitrogens with one attached hydrogen (secondary N) is 1. The number of halogens is 1. The Balaban J connectivity index is 1.34. The second kappa shape index (κ2) is 7.06. The molecule has 0 aromatic heterocycles. The van der Waals surface area contributed by atoms with Crippen molar-refractivity contribution in [3.8, 4) is 0 Å². The van der Waals surface area contributed by atoms with Gasteiger partial charge in [-0.1, -0.05) is 13.8 Å². The van der Waals surface area contributed by atoms with Crippen LogP contribution in [-0.4, -0.2) is 18.0 Å². The molecule has 1 aromatic carbocycles. The normalized spacial score (nSPS) is 42.5. The number of ether oxygens (including phenoxy) is 1. The van der Waals surface area contributed by atoms with Crippen LogP contribution in [0.15, 0.2) is 24.3 Å². The van der Waals surface area contributed by atoms with E-state index in [1.807, 2.05) is 0 Å². The Bertz CT molecular complexity index is 854. The van der Waals surface area contributed by atoms with Gasteiger partial charge in [0.1, 0.15) is 11.9 Å². The highest BCUT2D eigenvalue weighted by Gasteiger charge is 2.62. The summed E-state index contributed by atoms with van der Waals surface area (Å²) in [6.07, 6.45) is 7.80. The molecule has 1 aromatic rings. The summed E-state index contributed by atoms with van der Waals surface area (Å²) in [6.45, 7) is 4.67. The molecule has 4 fully saturated rings. The summed E-state index contributed by atoms with van der Waals surface area (Å²) in [5, 5.41) is 3.04. The minimum absolute atomic E-state index is 0.00298. The predicted octanol–water partition coefficient (Wildman–Crippen LogP) is 5.33. The van der Waals surface area contributed by atoms with E-state index >= 15 is 0 Å². The third-order valence-corrected chi connectivity index (χ3v) is 9.35. The van der Waals surface area contributed by atoms with Crippen molar-refractivity contribution < 1.29 is 18.7 Å². The van der Waals surface area contributed by atoms with Crippen LogP contribution in [0.25, 0.3) is 0 Å². The molecule has 1 aliphatic heterocycles. The topological polar surface area (TPSA) is 55.4 Å². The van der Waals surface area contributed by atoms with Gasteiger partial charge in [0.05, 0.1) is 0 Å². The fourth-order valence-corrected chi connectivity index (χ4v) is 7.74. The fraction of sp³-hybridized carbons (Fsp3) is 0.680. The molecule has 162 valence electrons. The van der Waals surface area contributed by atoms with Crippen molar-refractivity contribution in [1.29, 1.82) is 0 Å². The molecule has 30 heavy (non-hydrogen) atoms. The minimum atomic E-state index is -0.295. The lowest BCUT2D eigenvalue weighted by molar-refractivity contribution is -0.192. The molecule has 1 heterocycles. The van der Waals surface area contributed by atoms with Gasteiger partial charge >= 0.3 is 5.97 Å². The number of carbonyl (C=O) groups excluding carboxylic acids is 2. The zero-order chi connectivity index (χ0) is 21.1. The quantitative estimate of drug-likeness (QED) is 0.667. The molecule has 5 heteroatoms. The monoisotopic (exact) mass is 413 g/mol. The first-order valence-corrected chi connectivity index (χ1v) is 11.6. The number of anilines is 1. The van der Waals surface area contributed by atoms with E-state index < -0.39 is 0 Å². The Morgan fingerprint density at radius 2 is 1.73 bits per heavy atom. The zero-order valence-electron chi connectivity index (χ0n) is 18.0. The minimum Gasteiger partial charge on any atom is -0.462 e. The van der Waals surface area contributed by atoms with Crippen molar-refractivity contribution in [2.24, 2.45) is 34.5 Å². The van der Waals surface area contributed by atoms with Gasteiger partial charge in [0.2, 0.25) is 5.91 Å². The summed E-state index contributed by atoms with van der Waals surface area (Å²) >= 11 is 0. The number of hydrogen-bond donors (Lipinski definition) is 1.